The van der Waals surface area contributed by atoms with Crippen molar-refractivity contribution in [2.75, 3.05) is 19.6 Å². The molecule has 38 heavy (non-hydrogen) atoms. The molecule has 2 aliphatic heterocycles. The molecule has 3 N–H and O–H groups in total. The van der Waals surface area contributed by atoms with E-state index in [2.05, 4.69) is 11.0 Å². The summed E-state index contributed by atoms with van der Waals surface area (Å²) in [5, 5.41) is 10.9. The molecule has 3 fully saturated rings. The molecule has 2 aromatic carbocycles. The molecule has 1 aliphatic carbocycles. The van der Waals surface area contributed by atoms with Crippen molar-refractivity contribution in [3.05, 3.63) is 71.3 Å². The Hall–Kier alpha value is -2.70. The molecule has 0 radical (unpaired) electrons. The van der Waals surface area contributed by atoms with Gasteiger partial charge in [0.15, 0.2) is 0 Å². The zero-order valence-electron chi connectivity index (χ0n) is 22.5. The van der Waals surface area contributed by atoms with Crippen LogP contribution >= 0.6 is 0 Å². The number of fused-ring (bicyclic) bond motifs is 2. The van der Waals surface area contributed by atoms with Gasteiger partial charge in [-0.15, -0.1) is 0 Å². The molecule has 6 nitrogen and oxygen atoms in total. The molecule has 6 heteroatoms. The van der Waals surface area contributed by atoms with Crippen molar-refractivity contribution in [3.8, 4) is 0 Å². The molecule has 2 saturated heterocycles. The highest BCUT2D eigenvalue weighted by Crippen LogP contribution is 2.43. The number of aliphatic hydroxyl groups is 1. The Morgan fingerprint density at radius 3 is 2.34 bits per heavy atom. The Morgan fingerprint density at radius 2 is 1.66 bits per heavy atom. The summed E-state index contributed by atoms with van der Waals surface area (Å²) in [5.41, 5.74) is 8.32. The van der Waals surface area contributed by atoms with Crippen LogP contribution in [0.4, 0.5) is 0 Å². The van der Waals surface area contributed by atoms with Crippen LogP contribution in [-0.4, -0.2) is 64.5 Å². The molecule has 0 aromatic heterocycles. The first-order valence-electron chi connectivity index (χ1n) is 14.6. The van der Waals surface area contributed by atoms with Crippen LogP contribution in [0.15, 0.2) is 54.6 Å². The number of primary amides is 1. The summed E-state index contributed by atoms with van der Waals surface area (Å²) in [6, 6.07) is 18.6. The molecular formula is C32H43N3O3. The number of nitrogens with zero attached hydrogens (tertiary/aromatic N) is 2. The molecule has 1 unspecified atom stereocenters. The number of aliphatic hydroxyl groups excluding tert-OH is 1. The Labute approximate surface area is 227 Å². The predicted octanol–water partition coefficient (Wildman–Crippen LogP) is 4.51. The second-order valence-corrected chi connectivity index (χ2v) is 11.8. The Bertz CT molecular complexity index is 1070. The Morgan fingerprint density at radius 1 is 0.947 bits per heavy atom. The van der Waals surface area contributed by atoms with E-state index in [-0.39, 0.29) is 11.8 Å². The van der Waals surface area contributed by atoms with Crippen molar-refractivity contribution in [1.29, 1.82) is 0 Å². The first-order chi connectivity index (χ1) is 18.5. The van der Waals surface area contributed by atoms with Crippen LogP contribution in [0, 0.1) is 5.92 Å². The number of carbonyl (C=O) groups is 2. The number of nitrogens with two attached hydrogens (primary N) is 1. The van der Waals surface area contributed by atoms with Gasteiger partial charge in [0.2, 0.25) is 5.91 Å². The van der Waals surface area contributed by atoms with E-state index in [1.807, 2.05) is 47.4 Å². The number of carbonyl (C=O) groups excluding carboxylic acids is 2. The van der Waals surface area contributed by atoms with Crippen LogP contribution in [-0.2, 0) is 11.2 Å². The van der Waals surface area contributed by atoms with Gasteiger partial charge in [0.05, 0.1) is 0 Å². The number of hydrogen-bond acceptors (Lipinski definition) is 4. The minimum absolute atomic E-state index is 0.120. The van der Waals surface area contributed by atoms with Gasteiger partial charge < -0.3 is 15.7 Å². The van der Waals surface area contributed by atoms with Gasteiger partial charge in [-0.25, -0.2) is 0 Å². The maximum Gasteiger partial charge on any atom is 0.251 e. The fraction of sp³-hybridized carbons (Fsp3) is 0.562. The molecule has 204 valence electrons. The van der Waals surface area contributed by atoms with Crippen LogP contribution in [0.3, 0.4) is 0 Å². The first-order valence-corrected chi connectivity index (χ1v) is 14.6. The zero-order valence-corrected chi connectivity index (χ0v) is 22.5. The number of benzene rings is 2. The van der Waals surface area contributed by atoms with Crippen LogP contribution in [0.25, 0.3) is 0 Å². The lowest BCUT2D eigenvalue weighted by Crippen LogP contribution is -2.49. The lowest BCUT2D eigenvalue weighted by Gasteiger charge is -2.41. The summed E-state index contributed by atoms with van der Waals surface area (Å²) >= 11 is 0. The zero-order chi connectivity index (χ0) is 26.5. The molecule has 4 atom stereocenters. The van der Waals surface area contributed by atoms with Crippen molar-refractivity contribution in [1.82, 2.24) is 9.80 Å². The van der Waals surface area contributed by atoms with E-state index in [1.165, 1.54) is 50.5 Å². The minimum Gasteiger partial charge on any atom is -0.383 e. The molecule has 3 aliphatic rings. The summed E-state index contributed by atoms with van der Waals surface area (Å²) in [6.45, 7) is 2.30. The molecular weight excluding hydrogens is 474 g/mol. The minimum atomic E-state index is -0.999. The largest absolute Gasteiger partial charge is 0.383 e. The van der Waals surface area contributed by atoms with Crippen LogP contribution in [0.2, 0.25) is 0 Å². The van der Waals surface area contributed by atoms with Gasteiger partial charge in [0, 0.05) is 43.7 Å². The van der Waals surface area contributed by atoms with E-state index >= 15 is 0 Å². The fourth-order valence-electron chi connectivity index (χ4n) is 7.20. The van der Waals surface area contributed by atoms with Gasteiger partial charge in [-0.3, -0.25) is 14.5 Å². The third-order valence-corrected chi connectivity index (χ3v) is 9.23. The standard InChI is InChI=1S/C32H43N3O3/c33-31(37)26-13-7-12-25(19-26)27-20-28-14-15-29(21-27)35(28)17-16-34(22-24-10-5-2-6-11-24)32(38)30(36)18-23-8-3-1-4-9-23/h1,3-4,7-9,12-13,19,24,27-30,36H,2,5-6,10-11,14-18,20-22H2,(H2,33,37)/t27?,28-,29+,30-/m0/s1. The summed E-state index contributed by atoms with van der Waals surface area (Å²) < 4.78 is 0. The Kier molecular flexibility index (Phi) is 8.80. The molecule has 5 rings (SSSR count). The highest BCUT2D eigenvalue weighted by Gasteiger charge is 2.41. The maximum atomic E-state index is 13.5. The third kappa shape index (κ3) is 6.47. The van der Waals surface area contributed by atoms with Crippen LogP contribution in [0.5, 0.6) is 0 Å². The number of rotatable bonds is 10. The van der Waals surface area contributed by atoms with Gasteiger partial charge in [0.1, 0.15) is 6.10 Å². The van der Waals surface area contributed by atoms with Crippen LogP contribution in [0.1, 0.15) is 85.2 Å². The first kappa shape index (κ1) is 26.9. The van der Waals surface area contributed by atoms with Gasteiger partial charge >= 0.3 is 0 Å². The second-order valence-electron chi connectivity index (χ2n) is 11.8. The highest BCUT2D eigenvalue weighted by atomic mass is 16.3. The number of amides is 2. The molecule has 2 heterocycles. The average Bonchev–Trinajstić information content (AvgIpc) is 3.17. The summed E-state index contributed by atoms with van der Waals surface area (Å²) in [6.07, 6.45) is 10.0. The van der Waals surface area contributed by atoms with Crippen LogP contribution < -0.4 is 5.73 Å². The lowest BCUT2D eigenvalue weighted by molar-refractivity contribution is -0.141. The van der Waals surface area contributed by atoms with Crippen molar-refractivity contribution in [2.45, 2.75) is 88.3 Å². The molecule has 1 saturated carbocycles. The van der Waals surface area contributed by atoms with E-state index in [0.29, 0.717) is 42.4 Å². The van der Waals surface area contributed by atoms with Crippen molar-refractivity contribution in [2.24, 2.45) is 11.7 Å². The van der Waals surface area contributed by atoms with E-state index in [1.54, 1.807) is 6.07 Å². The normalized spacial score (nSPS) is 24.7. The SMILES string of the molecule is NC(=O)c1cccc(C2C[C@H]3CC[C@@H](C2)N3CCN(CC2CCCCC2)C(=O)[C@@H](O)Cc2ccccc2)c1. The highest BCUT2D eigenvalue weighted by molar-refractivity contribution is 5.92. The second kappa shape index (κ2) is 12.4. The summed E-state index contributed by atoms with van der Waals surface area (Å²) in [5.74, 6) is 0.488. The van der Waals surface area contributed by atoms with E-state index in [0.717, 1.165) is 31.5 Å². The maximum absolute atomic E-state index is 13.5. The molecule has 0 spiro atoms. The van der Waals surface area contributed by atoms with Crippen molar-refractivity contribution in [3.63, 3.8) is 0 Å². The van der Waals surface area contributed by atoms with E-state index in [9.17, 15) is 14.7 Å². The topological polar surface area (TPSA) is 86.9 Å². The van der Waals surface area contributed by atoms with Crippen molar-refractivity contribution < 1.29 is 14.7 Å². The smallest absolute Gasteiger partial charge is 0.251 e. The predicted molar refractivity (Wildman–Crippen MR) is 150 cm³/mol. The van der Waals surface area contributed by atoms with Gasteiger partial charge in [-0.1, -0.05) is 61.7 Å². The van der Waals surface area contributed by atoms with E-state index < -0.39 is 6.10 Å². The quantitative estimate of drug-likeness (QED) is 0.486. The third-order valence-electron chi connectivity index (χ3n) is 9.23. The van der Waals surface area contributed by atoms with Gasteiger partial charge in [-0.05, 0) is 73.6 Å². The monoisotopic (exact) mass is 517 g/mol. The Balaban J connectivity index is 1.23. The molecule has 2 amide bonds. The lowest BCUT2D eigenvalue weighted by atomic mass is 9.84. The molecule has 2 aromatic rings. The summed E-state index contributed by atoms with van der Waals surface area (Å²) in [4.78, 5) is 29.8. The van der Waals surface area contributed by atoms with E-state index in [4.69, 9.17) is 5.73 Å². The number of piperidine rings is 1. The average molecular weight is 518 g/mol. The molecule has 2 bridgehead atoms. The number of hydrogen-bond donors (Lipinski definition) is 2. The van der Waals surface area contributed by atoms with Crippen molar-refractivity contribution >= 4 is 11.8 Å². The van der Waals surface area contributed by atoms with Gasteiger partial charge in [-0.2, -0.15) is 0 Å². The summed E-state index contributed by atoms with van der Waals surface area (Å²) in [7, 11) is 0. The van der Waals surface area contributed by atoms with Gasteiger partial charge in [0.25, 0.3) is 5.91 Å². The fourth-order valence-corrected chi connectivity index (χ4v) is 7.20.